The van der Waals surface area contributed by atoms with E-state index in [0.717, 1.165) is 28.1 Å². The van der Waals surface area contributed by atoms with Gasteiger partial charge in [0.2, 0.25) is 10.0 Å². The molecule has 1 heterocycles. The van der Waals surface area contributed by atoms with E-state index in [2.05, 4.69) is 0 Å². The molecule has 0 bridgehead atoms. The second-order valence-electron chi connectivity index (χ2n) is 8.48. The molecule has 0 unspecified atom stereocenters. The number of Topliss-reactive ketones (excluding diaryl/α,β-unsaturated/α-hetero) is 1. The summed E-state index contributed by atoms with van der Waals surface area (Å²) in [7, 11) is -4.39. The first-order valence-electron chi connectivity index (χ1n) is 10.9. The van der Waals surface area contributed by atoms with Crippen molar-refractivity contribution in [1.82, 2.24) is 4.31 Å². The van der Waals surface area contributed by atoms with E-state index in [1.165, 1.54) is 6.07 Å². The molecular weight excluding hydrogens is 471 g/mol. The molecule has 0 atom stereocenters. The topological polar surface area (TPSA) is 80.8 Å². The van der Waals surface area contributed by atoms with Gasteiger partial charge in [-0.05, 0) is 36.5 Å². The van der Waals surface area contributed by atoms with Crippen LogP contribution in [0.15, 0.2) is 53.4 Å². The standard InChI is InChI=1S/C24H26F3NO5S/c1-16(2)17-7-9-18(10-8-17)21(29)15-33-23(30)19-11-13-28(14-12-19)34(31,32)22-6-4-3-5-20(22)24(25,26)27/h3-10,16,19H,11-15H2,1-2H3. The minimum absolute atomic E-state index is 0.0868. The number of piperidine rings is 1. The SMILES string of the molecule is CC(C)c1ccc(C(=O)COC(=O)C2CCN(S(=O)(=O)c3ccccc3C(F)(F)F)CC2)cc1. The average molecular weight is 498 g/mol. The van der Waals surface area contributed by atoms with E-state index in [-0.39, 0.29) is 31.7 Å². The van der Waals surface area contributed by atoms with Crippen LogP contribution >= 0.6 is 0 Å². The Morgan fingerprint density at radius 2 is 1.62 bits per heavy atom. The highest BCUT2D eigenvalue weighted by molar-refractivity contribution is 7.89. The van der Waals surface area contributed by atoms with Crippen LogP contribution in [-0.4, -0.2) is 44.2 Å². The lowest BCUT2D eigenvalue weighted by molar-refractivity contribution is -0.148. The Kier molecular flexibility index (Phi) is 7.82. The summed E-state index contributed by atoms with van der Waals surface area (Å²) in [4.78, 5) is 23.9. The van der Waals surface area contributed by atoms with Gasteiger partial charge >= 0.3 is 12.1 Å². The Labute approximate surface area is 196 Å². The van der Waals surface area contributed by atoms with Gasteiger partial charge in [-0.15, -0.1) is 0 Å². The lowest BCUT2D eigenvalue weighted by Crippen LogP contribution is -2.41. The fourth-order valence-corrected chi connectivity index (χ4v) is 5.47. The van der Waals surface area contributed by atoms with Crippen molar-refractivity contribution in [1.29, 1.82) is 0 Å². The molecule has 10 heteroatoms. The number of carbonyl (C=O) groups is 2. The van der Waals surface area contributed by atoms with Gasteiger partial charge in [0.1, 0.15) is 0 Å². The smallest absolute Gasteiger partial charge is 0.417 e. The Hall–Kier alpha value is -2.72. The van der Waals surface area contributed by atoms with E-state index in [9.17, 15) is 31.2 Å². The maximum absolute atomic E-state index is 13.3. The highest BCUT2D eigenvalue weighted by Gasteiger charge is 2.40. The Morgan fingerprint density at radius 3 is 2.18 bits per heavy atom. The number of alkyl halides is 3. The van der Waals surface area contributed by atoms with Crippen molar-refractivity contribution in [2.75, 3.05) is 19.7 Å². The summed E-state index contributed by atoms with van der Waals surface area (Å²) in [5.74, 6) is -1.30. The summed E-state index contributed by atoms with van der Waals surface area (Å²) in [6.45, 7) is 3.38. The molecule has 2 aromatic rings. The molecule has 34 heavy (non-hydrogen) atoms. The van der Waals surface area contributed by atoms with Crippen molar-refractivity contribution >= 4 is 21.8 Å². The molecule has 0 amide bonds. The van der Waals surface area contributed by atoms with Crippen LogP contribution in [0.3, 0.4) is 0 Å². The van der Waals surface area contributed by atoms with Gasteiger partial charge in [-0.1, -0.05) is 50.2 Å². The molecule has 0 aromatic heterocycles. The molecule has 0 aliphatic carbocycles. The molecule has 2 aromatic carbocycles. The molecule has 6 nitrogen and oxygen atoms in total. The number of hydrogen-bond acceptors (Lipinski definition) is 5. The molecular formula is C24H26F3NO5S. The molecule has 0 saturated carbocycles. The van der Waals surface area contributed by atoms with Gasteiger partial charge in [0.05, 0.1) is 16.4 Å². The van der Waals surface area contributed by atoms with Crippen molar-refractivity contribution in [2.24, 2.45) is 5.92 Å². The van der Waals surface area contributed by atoms with Crippen molar-refractivity contribution in [3.63, 3.8) is 0 Å². The van der Waals surface area contributed by atoms with Gasteiger partial charge in [-0.3, -0.25) is 9.59 Å². The number of halogens is 3. The third-order valence-electron chi connectivity index (χ3n) is 5.84. The molecule has 0 spiro atoms. The molecule has 1 saturated heterocycles. The fraction of sp³-hybridized carbons (Fsp3) is 0.417. The number of ketones is 1. The number of ether oxygens (including phenoxy) is 1. The van der Waals surface area contributed by atoms with E-state index in [0.29, 0.717) is 11.5 Å². The first kappa shape index (κ1) is 25.9. The number of benzene rings is 2. The summed E-state index contributed by atoms with van der Waals surface area (Å²) in [6, 6.07) is 11.0. The largest absolute Gasteiger partial charge is 0.457 e. The van der Waals surface area contributed by atoms with Crippen molar-refractivity contribution in [3.05, 3.63) is 65.2 Å². The number of nitrogens with zero attached hydrogens (tertiary/aromatic N) is 1. The third kappa shape index (κ3) is 5.85. The summed E-state index contributed by atoms with van der Waals surface area (Å²) in [5.41, 5.74) is 0.269. The van der Waals surface area contributed by atoms with Crippen LogP contribution in [0, 0.1) is 5.92 Å². The van der Waals surface area contributed by atoms with E-state index in [1.807, 2.05) is 26.0 Å². The van der Waals surface area contributed by atoms with Crippen LogP contribution < -0.4 is 0 Å². The molecule has 1 aliphatic rings. The van der Waals surface area contributed by atoms with Gasteiger partial charge in [0.25, 0.3) is 0 Å². The zero-order chi connectivity index (χ0) is 25.1. The van der Waals surface area contributed by atoms with Gasteiger partial charge < -0.3 is 4.74 Å². The number of carbonyl (C=O) groups excluding carboxylic acids is 2. The maximum atomic E-state index is 13.3. The van der Waals surface area contributed by atoms with Crippen molar-refractivity contribution in [3.8, 4) is 0 Å². The van der Waals surface area contributed by atoms with Crippen LogP contribution in [0.25, 0.3) is 0 Å². The lowest BCUT2D eigenvalue weighted by Gasteiger charge is -2.30. The second-order valence-corrected chi connectivity index (χ2v) is 10.4. The summed E-state index contributed by atoms with van der Waals surface area (Å²) in [5, 5.41) is 0. The normalized spacial score (nSPS) is 15.9. The number of rotatable bonds is 7. The quantitative estimate of drug-likeness (QED) is 0.411. The Morgan fingerprint density at radius 1 is 1.03 bits per heavy atom. The second kappa shape index (κ2) is 10.3. The van der Waals surface area contributed by atoms with E-state index in [4.69, 9.17) is 4.74 Å². The van der Waals surface area contributed by atoms with Crippen LogP contribution in [0.2, 0.25) is 0 Å². The van der Waals surface area contributed by atoms with Crippen LogP contribution in [0.5, 0.6) is 0 Å². The minimum Gasteiger partial charge on any atom is -0.457 e. The predicted molar refractivity (Wildman–Crippen MR) is 119 cm³/mol. The van der Waals surface area contributed by atoms with E-state index >= 15 is 0 Å². The van der Waals surface area contributed by atoms with E-state index in [1.54, 1.807) is 12.1 Å². The maximum Gasteiger partial charge on any atom is 0.417 e. The molecule has 0 N–H and O–H groups in total. The highest BCUT2D eigenvalue weighted by Crippen LogP contribution is 2.36. The highest BCUT2D eigenvalue weighted by atomic mass is 32.2. The van der Waals surface area contributed by atoms with Crippen LogP contribution in [-0.2, 0) is 25.7 Å². The van der Waals surface area contributed by atoms with Crippen LogP contribution in [0.4, 0.5) is 13.2 Å². The van der Waals surface area contributed by atoms with Gasteiger partial charge in [0, 0.05) is 18.7 Å². The number of hydrogen-bond donors (Lipinski definition) is 0. The lowest BCUT2D eigenvalue weighted by atomic mass is 9.98. The van der Waals surface area contributed by atoms with Crippen molar-refractivity contribution in [2.45, 2.75) is 43.7 Å². The molecule has 184 valence electrons. The van der Waals surface area contributed by atoms with Gasteiger partial charge in [0.15, 0.2) is 12.4 Å². The summed E-state index contributed by atoms with van der Waals surface area (Å²) < 4.78 is 71.6. The van der Waals surface area contributed by atoms with Gasteiger partial charge in [-0.2, -0.15) is 17.5 Å². The number of esters is 1. The van der Waals surface area contributed by atoms with Gasteiger partial charge in [-0.25, -0.2) is 8.42 Å². The van der Waals surface area contributed by atoms with E-state index < -0.39 is 45.2 Å². The zero-order valence-corrected chi connectivity index (χ0v) is 19.7. The average Bonchev–Trinajstić information content (AvgIpc) is 2.82. The number of sulfonamides is 1. The first-order valence-corrected chi connectivity index (χ1v) is 12.3. The summed E-state index contributed by atoms with van der Waals surface area (Å²) >= 11 is 0. The Bertz CT molecular complexity index is 1140. The predicted octanol–water partition coefficient (Wildman–Crippen LogP) is 4.66. The molecule has 0 radical (unpaired) electrons. The fourth-order valence-electron chi connectivity index (χ4n) is 3.79. The molecule has 3 rings (SSSR count). The Balaban J connectivity index is 1.57. The third-order valence-corrected chi connectivity index (χ3v) is 7.80. The molecule has 1 aliphatic heterocycles. The summed E-state index contributed by atoms with van der Waals surface area (Å²) in [6.07, 6.45) is -4.64. The zero-order valence-electron chi connectivity index (χ0n) is 18.8. The first-order chi connectivity index (χ1) is 15.9. The monoisotopic (exact) mass is 497 g/mol. The van der Waals surface area contributed by atoms with Crippen molar-refractivity contribution < 1.29 is 35.9 Å². The van der Waals surface area contributed by atoms with Crippen LogP contribution in [0.1, 0.15) is 54.1 Å². The molecule has 1 fully saturated rings. The minimum atomic E-state index is -4.81.